The molecule has 1 amide bonds. The third kappa shape index (κ3) is 5.65. The van der Waals surface area contributed by atoms with Crippen molar-refractivity contribution in [1.82, 2.24) is 4.90 Å². The van der Waals surface area contributed by atoms with Crippen LogP contribution in [0.2, 0.25) is 0 Å². The highest BCUT2D eigenvalue weighted by Crippen LogP contribution is 2.30. The molecule has 186 valence electrons. The first-order valence-electron chi connectivity index (χ1n) is 12.3. The average Bonchev–Trinajstić information content (AvgIpc) is 3.18. The van der Waals surface area contributed by atoms with E-state index in [4.69, 9.17) is 9.73 Å². The summed E-state index contributed by atoms with van der Waals surface area (Å²) < 4.78 is 5.68. The van der Waals surface area contributed by atoms with Crippen molar-refractivity contribution in [2.24, 2.45) is 4.99 Å². The number of aliphatic imine (C=N–C) groups is 1. The predicted octanol–water partition coefficient (Wildman–Crippen LogP) is 6.27. The van der Waals surface area contributed by atoms with Crippen LogP contribution in [-0.4, -0.2) is 33.3 Å². The summed E-state index contributed by atoms with van der Waals surface area (Å²) in [7, 11) is 0. The predicted molar refractivity (Wildman–Crippen MR) is 141 cm³/mol. The quantitative estimate of drug-likeness (QED) is 0.368. The Labute approximate surface area is 212 Å². The number of unbranched alkanes of at least 4 members (excludes halogenated alkanes) is 1. The van der Waals surface area contributed by atoms with E-state index < -0.39 is 17.6 Å². The maximum Gasteiger partial charge on any atom is 0.347 e. The van der Waals surface area contributed by atoms with E-state index in [1.807, 2.05) is 77.7 Å². The molecule has 0 saturated heterocycles. The zero-order valence-corrected chi connectivity index (χ0v) is 21.0. The van der Waals surface area contributed by atoms with Crippen molar-refractivity contribution in [3.05, 3.63) is 90.0 Å². The van der Waals surface area contributed by atoms with E-state index in [0.717, 1.165) is 47.4 Å². The minimum atomic E-state index is -1.32. The van der Waals surface area contributed by atoms with Crippen molar-refractivity contribution < 1.29 is 19.4 Å². The highest BCUT2D eigenvalue weighted by Gasteiger charge is 2.35. The molecule has 1 heterocycles. The molecule has 1 atom stereocenters. The van der Waals surface area contributed by atoms with E-state index in [1.54, 1.807) is 6.07 Å². The van der Waals surface area contributed by atoms with Gasteiger partial charge >= 0.3 is 5.97 Å². The third-order valence-electron chi connectivity index (χ3n) is 6.31. The molecular weight excluding hydrogens is 452 g/mol. The van der Waals surface area contributed by atoms with Crippen LogP contribution in [0.1, 0.15) is 57.2 Å². The number of aliphatic carboxylic acids is 1. The number of rotatable bonds is 10. The van der Waals surface area contributed by atoms with E-state index in [0.29, 0.717) is 12.3 Å². The molecule has 0 aliphatic carbocycles. The smallest absolute Gasteiger partial charge is 0.347 e. The standard InChI is InChI=1S/C30H32N2O4/c1-4-5-14-26-31-27(23-10-7-6-8-11-23)28(33)32(26)20-21-15-17-22(18-16-21)24-12-9-13-25(19-24)36-30(2,3)29(34)35/h6-13,15-19,27H,4-5,14,20H2,1-3H3,(H,34,35). The number of amidine groups is 1. The van der Waals surface area contributed by atoms with Crippen LogP contribution in [-0.2, 0) is 16.1 Å². The Kier molecular flexibility index (Phi) is 7.53. The molecule has 1 aliphatic heterocycles. The van der Waals surface area contributed by atoms with Crippen molar-refractivity contribution >= 4 is 17.7 Å². The molecule has 0 fully saturated rings. The largest absolute Gasteiger partial charge is 0.478 e. The first kappa shape index (κ1) is 25.2. The summed E-state index contributed by atoms with van der Waals surface area (Å²) in [4.78, 5) is 31.4. The van der Waals surface area contributed by atoms with Gasteiger partial charge in [0.2, 0.25) is 0 Å². The molecular formula is C30H32N2O4. The Morgan fingerprint density at radius 2 is 1.72 bits per heavy atom. The molecule has 1 N–H and O–H groups in total. The van der Waals surface area contributed by atoms with Crippen LogP contribution in [0.25, 0.3) is 11.1 Å². The van der Waals surface area contributed by atoms with Gasteiger partial charge in [0.25, 0.3) is 5.91 Å². The minimum Gasteiger partial charge on any atom is -0.478 e. The molecule has 3 aromatic rings. The van der Waals surface area contributed by atoms with Crippen LogP contribution >= 0.6 is 0 Å². The van der Waals surface area contributed by atoms with Gasteiger partial charge in [0.05, 0.1) is 6.54 Å². The molecule has 0 radical (unpaired) electrons. The monoisotopic (exact) mass is 484 g/mol. The SMILES string of the molecule is CCCCC1=NC(c2ccccc2)C(=O)N1Cc1ccc(-c2cccc(OC(C)(C)C(=O)O)c2)cc1. The zero-order chi connectivity index (χ0) is 25.7. The summed E-state index contributed by atoms with van der Waals surface area (Å²) in [6.07, 6.45) is 2.81. The van der Waals surface area contributed by atoms with Crippen LogP contribution in [0.5, 0.6) is 5.75 Å². The molecule has 1 unspecified atom stereocenters. The molecule has 0 bridgehead atoms. The number of carbonyl (C=O) groups excluding carboxylic acids is 1. The van der Waals surface area contributed by atoms with Crippen LogP contribution in [0.3, 0.4) is 0 Å². The molecule has 1 aliphatic rings. The number of hydrogen-bond acceptors (Lipinski definition) is 4. The lowest BCUT2D eigenvalue weighted by atomic mass is 10.0. The fourth-order valence-corrected chi connectivity index (χ4v) is 4.17. The van der Waals surface area contributed by atoms with Gasteiger partial charge in [-0.25, -0.2) is 4.79 Å². The van der Waals surface area contributed by atoms with Gasteiger partial charge in [0, 0.05) is 6.42 Å². The van der Waals surface area contributed by atoms with Gasteiger partial charge in [-0.3, -0.25) is 14.7 Å². The van der Waals surface area contributed by atoms with E-state index >= 15 is 0 Å². The first-order valence-corrected chi connectivity index (χ1v) is 12.3. The number of hydrogen-bond donors (Lipinski definition) is 1. The van der Waals surface area contributed by atoms with Crippen LogP contribution in [0, 0.1) is 0 Å². The second-order valence-corrected chi connectivity index (χ2v) is 9.53. The number of carboxylic acids is 1. The maximum absolute atomic E-state index is 13.3. The van der Waals surface area contributed by atoms with Crippen LogP contribution < -0.4 is 4.74 Å². The second-order valence-electron chi connectivity index (χ2n) is 9.53. The summed E-state index contributed by atoms with van der Waals surface area (Å²) in [5, 5.41) is 9.34. The van der Waals surface area contributed by atoms with E-state index in [2.05, 4.69) is 6.92 Å². The first-order chi connectivity index (χ1) is 17.3. The maximum atomic E-state index is 13.3. The van der Waals surface area contributed by atoms with Gasteiger partial charge in [-0.1, -0.05) is 80.1 Å². The van der Waals surface area contributed by atoms with E-state index in [1.165, 1.54) is 13.8 Å². The molecule has 6 nitrogen and oxygen atoms in total. The summed E-state index contributed by atoms with van der Waals surface area (Å²) in [5.41, 5.74) is 2.52. The lowest BCUT2D eigenvalue weighted by Gasteiger charge is -2.22. The number of benzene rings is 3. The summed E-state index contributed by atoms with van der Waals surface area (Å²) >= 11 is 0. The normalized spacial score (nSPS) is 15.6. The highest BCUT2D eigenvalue weighted by molar-refractivity contribution is 6.06. The molecule has 0 aromatic heterocycles. The number of carboxylic acid groups (broad SMARTS) is 1. The van der Waals surface area contributed by atoms with Crippen molar-refractivity contribution in [3.63, 3.8) is 0 Å². The minimum absolute atomic E-state index is 0.0160. The van der Waals surface area contributed by atoms with Gasteiger partial charge < -0.3 is 9.84 Å². The lowest BCUT2D eigenvalue weighted by Crippen LogP contribution is -2.37. The summed E-state index contributed by atoms with van der Waals surface area (Å²) in [6, 6.07) is 24.7. The molecule has 0 saturated carbocycles. The fraction of sp³-hybridized carbons (Fsp3) is 0.300. The lowest BCUT2D eigenvalue weighted by molar-refractivity contribution is -0.152. The number of nitrogens with zero attached hydrogens (tertiary/aromatic N) is 2. The van der Waals surface area contributed by atoms with Gasteiger partial charge in [-0.15, -0.1) is 0 Å². The number of ether oxygens (including phenoxy) is 1. The van der Waals surface area contributed by atoms with Crippen LogP contribution in [0.4, 0.5) is 0 Å². The van der Waals surface area contributed by atoms with Crippen LogP contribution in [0.15, 0.2) is 83.9 Å². The van der Waals surface area contributed by atoms with Crippen molar-refractivity contribution in [2.75, 3.05) is 0 Å². The summed E-state index contributed by atoms with van der Waals surface area (Å²) in [6.45, 7) is 5.66. The Bertz CT molecular complexity index is 1250. The molecule has 4 rings (SSSR count). The third-order valence-corrected chi connectivity index (χ3v) is 6.31. The van der Waals surface area contributed by atoms with Gasteiger partial charge in [-0.2, -0.15) is 0 Å². The molecule has 3 aromatic carbocycles. The average molecular weight is 485 g/mol. The van der Waals surface area contributed by atoms with Crippen molar-refractivity contribution in [1.29, 1.82) is 0 Å². The van der Waals surface area contributed by atoms with E-state index in [9.17, 15) is 14.7 Å². The van der Waals surface area contributed by atoms with Crippen molar-refractivity contribution in [2.45, 2.75) is 58.2 Å². The Hall–Kier alpha value is -3.93. The topological polar surface area (TPSA) is 79.2 Å². The Morgan fingerprint density at radius 3 is 2.39 bits per heavy atom. The number of amides is 1. The Morgan fingerprint density at radius 1 is 1.00 bits per heavy atom. The summed E-state index contributed by atoms with van der Waals surface area (Å²) in [5.74, 6) is 0.341. The number of carbonyl (C=O) groups is 2. The molecule has 6 heteroatoms. The zero-order valence-electron chi connectivity index (χ0n) is 21.0. The van der Waals surface area contributed by atoms with Gasteiger partial charge in [-0.05, 0) is 54.7 Å². The fourth-order valence-electron chi connectivity index (χ4n) is 4.17. The second kappa shape index (κ2) is 10.8. The molecule has 0 spiro atoms. The van der Waals surface area contributed by atoms with Gasteiger partial charge in [0.1, 0.15) is 11.6 Å². The molecule has 36 heavy (non-hydrogen) atoms. The Balaban J connectivity index is 1.51. The van der Waals surface area contributed by atoms with Crippen molar-refractivity contribution in [3.8, 4) is 16.9 Å². The highest BCUT2D eigenvalue weighted by atomic mass is 16.5. The van der Waals surface area contributed by atoms with Gasteiger partial charge in [0.15, 0.2) is 11.6 Å². The van der Waals surface area contributed by atoms with E-state index in [-0.39, 0.29) is 5.91 Å².